The standard InChI is InChI=1S/C8H20N4O2/c1-10-8(11-9)12(4-6-13-2)5-7-14-3/h4-7,9H2,1-3H3,(H,10,11). The van der Waals surface area contributed by atoms with Crippen molar-refractivity contribution in [3.8, 4) is 0 Å². The van der Waals surface area contributed by atoms with E-state index in [0.717, 1.165) is 13.1 Å². The van der Waals surface area contributed by atoms with E-state index in [1.165, 1.54) is 0 Å². The van der Waals surface area contributed by atoms with E-state index in [1.807, 2.05) is 4.90 Å². The quantitative estimate of drug-likeness (QED) is 0.252. The van der Waals surface area contributed by atoms with Gasteiger partial charge < -0.3 is 14.4 Å². The zero-order valence-corrected chi connectivity index (χ0v) is 9.12. The number of rotatable bonds is 6. The summed E-state index contributed by atoms with van der Waals surface area (Å²) in [6.45, 7) is 2.72. The number of nitrogens with two attached hydrogens (primary N) is 1. The molecule has 0 rings (SSSR count). The average Bonchev–Trinajstić information content (AvgIpc) is 2.22. The molecule has 0 radical (unpaired) electrons. The maximum atomic E-state index is 5.32. The summed E-state index contributed by atoms with van der Waals surface area (Å²) in [5.74, 6) is 5.96. The van der Waals surface area contributed by atoms with Gasteiger partial charge in [-0.25, -0.2) is 5.84 Å². The van der Waals surface area contributed by atoms with Gasteiger partial charge in [0, 0.05) is 34.4 Å². The first-order valence-corrected chi connectivity index (χ1v) is 4.46. The van der Waals surface area contributed by atoms with E-state index >= 15 is 0 Å². The highest BCUT2D eigenvalue weighted by atomic mass is 16.5. The van der Waals surface area contributed by atoms with Crippen molar-refractivity contribution in [1.29, 1.82) is 0 Å². The average molecular weight is 204 g/mol. The van der Waals surface area contributed by atoms with Gasteiger partial charge in [0.25, 0.3) is 0 Å². The molecule has 3 N–H and O–H groups in total. The third-order valence-electron chi connectivity index (χ3n) is 1.77. The fourth-order valence-corrected chi connectivity index (χ4v) is 1.02. The number of guanidine groups is 1. The van der Waals surface area contributed by atoms with Crippen molar-refractivity contribution >= 4 is 5.96 Å². The molecule has 0 aliphatic heterocycles. The van der Waals surface area contributed by atoms with Gasteiger partial charge in [-0.05, 0) is 0 Å². The number of ether oxygens (including phenoxy) is 2. The van der Waals surface area contributed by atoms with Crippen molar-refractivity contribution in [2.45, 2.75) is 0 Å². The van der Waals surface area contributed by atoms with Crippen LogP contribution in [-0.2, 0) is 9.47 Å². The Balaban J connectivity index is 4.07. The van der Waals surface area contributed by atoms with Crippen molar-refractivity contribution in [3.63, 3.8) is 0 Å². The molecule has 0 aliphatic carbocycles. The molecule has 0 saturated heterocycles. The Morgan fingerprint density at radius 1 is 1.29 bits per heavy atom. The van der Waals surface area contributed by atoms with Gasteiger partial charge in [0.1, 0.15) is 0 Å². The largest absolute Gasteiger partial charge is 0.383 e. The van der Waals surface area contributed by atoms with Crippen LogP contribution in [0.2, 0.25) is 0 Å². The zero-order valence-electron chi connectivity index (χ0n) is 9.12. The highest BCUT2D eigenvalue weighted by molar-refractivity contribution is 5.79. The normalized spacial score (nSPS) is 11.6. The van der Waals surface area contributed by atoms with Gasteiger partial charge >= 0.3 is 0 Å². The van der Waals surface area contributed by atoms with Crippen molar-refractivity contribution in [3.05, 3.63) is 0 Å². The van der Waals surface area contributed by atoms with E-state index in [-0.39, 0.29) is 0 Å². The third-order valence-corrected chi connectivity index (χ3v) is 1.77. The van der Waals surface area contributed by atoms with E-state index in [1.54, 1.807) is 21.3 Å². The molecule has 0 bridgehead atoms. The predicted octanol–water partition coefficient (Wildman–Crippen LogP) is -0.970. The summed E-state index contributed by atoms with van der Waals surface area (Å²) < 4.78 is 9.97. The molecule has 0 saturated carbocycles. The summed E-state index contributed by atoms with van der Waals surface area (Å²) >= 11 is 0. The van der Waals surface area contributed by atoms with Crippen molar-refractivity contribution in [2.75, 3.05) is 47.6 Å². The summed E-state index contributed by atoms with van der Waals surface area (Å²) in [6.07, 6.45) is 0. The number of nitrogens with zero attached hydrogens (tertiary/aromatic N) is 2. The molecule has 0 heterocycles. The fourth-order valence-electron chi connectivity index (χ4n) is 1.02. The van der Waals surface area contributed by atoms with Crippen molar-refractivity contribution in [1.82, 2.24) is 10.3 Å². The first kappa shape index (κ1) is 13.2. The van der Waals surface area contributed by atoms with Crippen LogP contribution in [0.4, 0.5) is 0 Å². The van der Waals surface area contributed by atoms with Crippen LogP contribution in [0, 0.1) is 0 Å². The second kappa shape index (κ2) is 8.74. The van der Waals surface area contributed by atoms with E-state index in [9.17, 15) is 0 Å². The molecule has 6 heteroatoms. The molecular formula is C8H20N4O2. The highest BCUT2D eigenvalue weighted by Crippen LogP contribution is 1.89. The molecule has 84 valence electrons. The number of hydrogen-bond acceptors (Lipinski definition) is 4. The van der Waals surface area contributed by atoms with Crippen LogP contribution in [0.25, 0.3) is 0 Å². The Morgan fingerprint density at radius 2 is 1.79 bits per heavy atom. The summed E-state index contributed by atoms with van der Waals surface area (Å²) in [6, 6.07) is 0. The van der Waals surface area contributed by atoms with E-state index in [2.05, 4.69) is 10.4 Å². The zero-order chi connectivity index (χ0) is 10.8. The summed E-state index contributed by atoms with van der Waals surface area (Å²) in [7, 11) is 5.00. The lowest BCUT2D eigenvalue weighted by Crippen LogP contribution is -2.47. The second-order valence-corrected chi connectivity index (χ2v) is 2.66. The minimum atomic E-state index is 0.629. The van der Waals surface area contributed by atoms with Crippen molar-refractivity contribution < 1.29 is 9.47 Å². The smallest absolute Gasteiger partial charge is 0.208 e. The molecule has 0 atom stereocenters. The van der Waals surface area contributed by atoms with Crippen LogP contribution in [0.3, 0.4) is 0 Å². The fraction of sp³-hybridized carbons (Fsp3) is 0.875. The van der Waals surface area contributed by atoms with Crippen molar-refractivity contribution in [2.24, 2.45) is 10.8 Å². The molecule has 0 unspecified atom stereocenters. The Hall–Kier alpha value is -0.850. The molecule has 0 amide bonds. The highest BCUT2D eigenvalue weighted by Gasteiger charge is 2.08. The lowest BCUT2D eigenvalue weighted by molar-refractivity contribution is 0.144. The molecule has 6 nitrogen and oxygen atoms in total. The number of hydrogen-bond donors (Lipinski definition) is 2. The predicted molar refractivity (Wildman–Crippen MR) is 56.0 cm³/mol. The van der Waals surface area contributed by atoms with Gasteiger partial charge in [0.2, 0.25) is 5.96 Å². The molecule has 0 spiro atoms. The Bertz CT molecular complexity index is 155. The SMILES string of the molecule is CN=C(NN)N(CCOC)CCOC. The Labute approximate surface area is 85.0 Å². The van der Waals surface area contributed by atoms with Gasteiger partial charge in [0.15, 0.2) is 0 Å². The maximum Gasteiger partial charge on any atom is 0.208 e. The van der Waals surface area contributed by atoms with E-state index < -0.39 is 0 Å². The molecule has 0 aromatic heterocycles. The molecule has 14 heavy (non-hydrogen) atoms. The van der Waals surface area contributed by atoms with Crippen LogP contribution in [0.1, 0.15) is 0 Å². The summed E-state index contributed by atoms with van der Waals surface area (Å²) in [4.78, 5) is 5.97. The number of methoxy groups -OCH3 is 2. The molecule has 0 aromatic carbocycles. The van der Waals surface area contributed by atoms with Gasteiger partial charge in [-0.1, -0.05) is 0 Å². The van der Waals surface area contributed by atoms with Crippen LogP contribution < -0.4 is 11.3 Å². The number of nitrogens with one attached hydrogen (secondary N) is 1. The molecular weight excluding hydrogens is 184 g/mol. The maximum absolute atomic E-state index is 5.32. The second-order valence-electron chi connectivity index (χ2n) is 2.66. The Morgan fingerprint density at radius 3 is 2.07 bits per heavy atom. The van der Waals surface area contributed by atoms with E-state index in [4.69, 9.17) is 15.3 Å². The molecule has 0 aromatic rings. The molecule has 0 aliphatic rings. The van der Waals surface area contributed by atoms with Gasteiger partial charge in [-0.2, -0.15) is 0 Å². The first-order valence-electron chi connectivity index (χ1n) is 4.46. The summed E-state index contributed by atoms with van der Waals surface area (Å²) in [5.41, 5.74) is 2.53. The minimum Gasteiger partial charge on any atom is -0.383 e. The molecule has 0 fully saturated rings. The van der Waals surface area contributed by atoms with Crippen LogP contribution >= 0.6 is 0 Å². The van der Waals surface area contributed by atoms with E-state index in [0.29, 0.717) is 19.2 Å². The monoisotopic (exact) mass is 204 g/mol. The third kappa shape index (κ3) is 5.00. The number of hydrazine groups is 1. The van der Waals surface area contributed by atoms with Crippen LogP contribution in [0.15, 0.2) is 4.99 Å². The van der Waals surface area contributed by atoms with Gasteiger partial charge in [-0.15, -0.1) is 0 Å². The lowest BCUT2D eigenvalue weighted by Gasteiger charge is -2.24. The topological polar surface area (TPSA) is 72.1 Å². The lowest BCUT2D eigenvalue weighted by atomic mass is 10.5. The first-order chi connectivity index (χ1) is 6.79. The summed E-state index contributed by atoms with van der Waals surface area (Å²) in [5, 5.41) is 0. The number of aliphatic imine (C=N–C) groups is 1. The van der Waals surface area contributed by atoms with Crippen LogP contribution in [0.5, 0.6) is 0 Å². The van der Waals surface area contributed by atoms with Gasteiger partial charge in [-0.3, -0.25) is 10.4 Å². The van der Waals surface area contributed by atoms with Gasteiger partial charge in [0.05, 0.1) is 13.2 Å². The Kier molecular flexibility index (Phi) is 8.20. The minimum absolute atomic E-state index is 0.629. The van der Waals surface area contributed by atoms with Crippen LogP contribution in [-0.4, -0.2) is 58.4 Å².